The zero-order valence-corrected chi connectivity index (χ0v) is 11.4. The van der Waals surface area contributed by atoms with E-state index in [-0.39, 0.29) is 11.7 Å². The van der Waals surface area contributed by atoms with Gasteiger partial charge in [-0.05, 0) is 24.3 Å². The summed E-state index contributed by atoms with van der Waals surface area (Å²) >= 11 is 3.23. The molecule has 1 heterocycles. The molecule has 0 aliphatic heterocycles. The maximum atomic E-state index is 12.6. The van der Waals surface area contributed by atoms with Gasteiger partial charge in [-0.2, -0.15) is 18.2 Å². The van der Waals surface area contributed by atoms with E-state index in [2.05, 4.69) is 25.9 Å². The topological polar surface area (TPSA) is 73.1 Å². The summed E-state index contributed by atoms with van der Waals surface area (Å²) in [6.45, 7) is 0. The summed E-state index contributed by atoms with van der Waals surface area (Å²) in [6, 6.07) is 7.69. The molecule has 0 aliphatic rings. The summed E-state index contributed by atoms with van der Waals surface area (Å²) in [4.78, 5) is 6.52. The third-order valence-corrected chi connectivity index (χ3v) is 2.67. The van der Waals surface area contributed by atoms with E-state index in [1.807, 2.05) is 5.43 Å². The Labute approximate surface area is 120 Å². The monoisotopic (exact) mass is 348 g/mol. The van der Waals surface area contributed by atoms with Gasteiger partial charge >= 0.3 is 6.18 Å². The molecule has 9 heteroatoms. The number of hydrazine groups is 1. The van der Waals surface area contributed by atoms with Crippen LogP contribution in [0.15, 0.2) is 34.8 Å². The van der Waals surface area contributed by atoms with Gasteiger partial charge in [0.15, 0.2) is 0 Å². The maximum Gasteiger partial charge on any atom is 0.451 e. The summed E-state index contributed by atoms with van der Waals surface area (Å²) in [5.74, 6) is 3.62. The number of ether oxygens (including phenoxy) is 1. The lowest BCUT2D eigenvalue weighted by Gasteiger charge is -2.10. The minimum absolute atomic E-state index is 0.195. The standard InChI is InChI=1S/C11H8BrF3N4O/c12-6-1-3-7(4-2-6)20-9-5-8(19-16)17-10(18-9)11(13,14)15/h1-5H,16H2,(H,17,18,19). The molecule has 106 valence electrons. The first-order chi connectivity index (χ1) is 9.38. The summed E-state index contributed by atoms with van der Waals surface area (Å²) in [5, 5.41) is 0. The molecule has 2 aromatic rings. The average Bonchev–Trinajstić information content (AvgIpc) is 2.40. The predicted molar refractivity (Wildman–Crippen MR) is 69.1 cm³/mol. The molecule has 0 amide bonds. The molecular weight excluding hydrogens is 341 g/mol. The van der Waals surface area contributed by atoms with Crippen molar-refractivity contribution < 1.29 is 17.9 Å². The van der Waals surface area contributed by atoms with Crippen molar-refractivity contribution in [1.82, 2.24) is 9.97 Å². The summed E-state index contributed by atoms with van der Waals surface area (Å²) < 4.78 is 43.9. The van der Waals surface area contributed by atoms with E-state index in [9.17, 15) is 13.2 Å². The van der Waals surface area contributed by atoms with Crippen LogP contribution in [0.3, 0.4) is 0 Å². The van der Waals surface area contributed by atoms with Crippen LogP contribution in [0.4, 0.5) is 19.0 Å². The Morgan fingerprint density at radius 3 is 2.35 bits per heavy atom. The van der Waals surface area contributed by atoms with Gasteiger partial charge in [-0.3, -0.25) is 0 Å². The Hall–Kier alpha value is -1.87. The number of aromatic nitrogens is 2. The summed E-state index contributed by atoms with van der Waals surface area (Å²) in [6.07, 6.45) is -4.69. The first kappa shape index (κ1) is 14.5. The van der Waals surface area contributed by atoms with Crippen molar-refractivity contribution in [2.75, 3.05) is 5.43 Å². The Morgan fingerprint density at radius 2 is 1.80 bits per heavy atom. The number of rotatable bonds is 3. The molecule has 0 radical (unpaired) electrons. The van der Waals surface area contributed by atoms with Crippen LogP contribution in [-0.4, -0.2) is 9.97 Å². The lowest BCUT2D eigenvalue weighted by atomic mass is 10.3. The number of hydrogen-bond acceptors (Lipinski definition) is 5. The molecule has 5 nitrogen and oxygen atoms in total. The van der Waals surface area contributed by atoms with Gasteiger partial charge in [0.2, 0.25) is 11.7 Å². The number of alkyl halides is 3. The largest absolute Gasteiger partial charge is 0.451 e. The number of nitrogens with zero attached hydrogens (tertiary/aromatic N) is 2. The molecule has 3 N–H and O–H groups in total. The van der Waals surface area contributed by atoms with Crippen molar-refractivity contribution in [1.29, 1.82) is 0 Å². The van der Waals surface area contributed by atoms with Crippen LogP contribution >= 0.6 is 15.9 Å². The van der Waals surface area contributed by atoms with E-state index < -0.39 is 12.0 Å². The molecule has 0 bridgehead atoms. The second kappa shape index (κ2) is 5.63. The molecule has 1 aromatic carbocycles. The van der Waals surface area contributed by atoms with Gasteiger partial charge in [0.25, 0.3) is 0 Å². The highest BCUT2D eigenvalue weighted by Crippen LogP contribution is 2.30. The molecule has 0 unspecified atom stereocenters. The fourth-order valence-electron chi connectivity index (χ4n) is 1.30. The molecule has 0 saturated heterocycles. The first-order valence-corrected chi connectivity index (χ1v) is 6.04. The highest BCUT2D eigenvalue weighted by molar-refractivity contribution is 9.10. The summed E-state index contributed by atoms with van der Waals surface area (Å²) in [7, 11) is 0. The zero-order valence-electron chi connectivity index (χ0n) is 9.78. The van der Waals surface area contributed by atoms with E-state index in [0.717, 1.165) is 10.5 Å². The number of nitrogens with one attached hydrogen (secondary N) is 1. The van der Waals surface area contributed by atoms with Crippen LogP contribution < -0.4 is 16.0 Å². The van der Waals surface area contributed by atoms with E-state index in [1.54, 1.807) is 24.3 Å². The van der Waals surface area contributed by atoms with Crippen LogP contribution in [0.25, 0.3) is 0 Å². The molecule has 20 heavy (non-hydrogen) atoms. The lowest BCUT2D eigenvalue weighted by Crippen LogP contribution is -2.16. The van der Waals surface area contributed by atoms with E-state index in [4.69, 9.17) is 10.6 Å². The van der Waals surface area contributed by atoms with Gasteiger partial charge in [-0.15, -0.1) is 0 Å². The molecule has 1 aromatic heterocycles. The zero-order chi connectivity index (χ0) is 14.8. The Morgan fingerprint density at radius 1 is 1.15 bits per heavy atom. The van der Waals surface area contributed by atoms with Crippen molar-refractivity contribution in [3.05, 3.63) is 40.6 Å². The second-order valence-corrected chi connectivity index (χ2v) is 4.53. The molecule has 0 fully saturated rings. The smallest absolute Gasteiger partial charge is 0.439 e. The maximum absolute atomic E-state index is 12.6. The third kappa shape index (κ3) is 3.58. The van der Waals surface area contributed by atoms with Crippen LogP contribution in [0.1, 0.15) is 5.82 Å². The third-order valence-electron chi connectivity index (χ3n) is 2.14. The van der Waals surface area contributed by atoms with Gasteiger partial charge in [0, 0.05) is 10.5 Å². The fourth-order valence-corrected chi connectivity index (χ4v) is 1.57. The molecule has 2 rings (SSSR count). The van der Waals surface area contributed by atoms with Crippen molar-refractivity contribution in [3.8, 4) is 11.6 Å². The highest BCUT2D eigenvalue weighted by Gasteiger charge is 2.35. The predicted octanol–water partition coefficient (Wildman–Crippen LogP) is 3.34. The summed E-state index contributed by atoms with van der Waals surface area (Å²) in [5.41, 5.74) is 2.04. The van der Waals surface area contributed by atoms with Gasteiger partial charge in [-0.1, -0.05) is 15.9 Å². The van der Waals surface area contributed by atoms with Gasteiger partial charge in [0.1, 0.15) is 11.6 Å². The molecule has 0 atom stereocenters. The SMILES string of the molecule is NNc1cc(Oc2ccc(Br)cc2)nc(C(F)(F)F)n1. The average molecular weight is 349 g/mol. The lowest BCUT2D eigenvalue weighted by molar-refractivity contribution is -0.145. The number of nitrogen functional groups attached to an aromatic ring is 1. The van der Waals surface area contributed by atoms with E-state index >= 15 is 0 Å². The van der Waals surface area contributed by atoms with Crippen LogP contribution in [0.5, 0.6) is 11.6 Å². The molecular formula is C11H8BrF3N4O. The highest BCUT2D eigenvalue weighted by atomic mass is 79.9. The molecule has 0 saturated carbocycles. The van der Waals surface area contributed by atoms with Crippen LogP contribution in [0.2, 0.25) is 0 Å². The molecule has 0 aliphatic carbocycles. The minimum Gasteiger partial charge on any atom is -0.439 e. The van der Waals surface area contributed by atoms with E-state index in [1.165, 1.54) is 0 Å². The van der Waals surface area contributed by atoms with Gasteiger partial charge < -0.3 is 10.2 Å². The Balaban J connectivity index is 2.33. The Kier molecular flexibility index (Phi) is 4.09. The van der Waals surface area contributed by atoms with Crippen molar-refractivity contribution in [3.63, 3.8) is 0 Å². The fraction of sp³-hybridized carbons (Fsp3) is 0.0909. The number of benzene rings is 1. The van der Waals surface area contributed by atoms with Crippen LogP contribution in [-0.2, 0) is 6.18 Å². The van der Waals surface area contributed by atoms with Crippen molar-refractivity contribution in [2.24, 2.45) is 5.84 Å². The number of anilines is 1. The molecule has 0 spiro atoms. The first-order valence-electron chi connectivity index (χ1n) is 5.25. The Bertz CT molecular complexity index is 604. The normalized spacial score (nSPS) is 11.2. The number of halogens is 4. The second-order valence-electron chi connectivity index (χ2n) is 3.61. The van der Waals surface area contributed by atoms with Crippen molar-refractivity contribution in [2.45, 2.75) is 6.18 Å². The van der Waals surface area contributed by atoms with Crippen LogP contribution in [0, 0.1) is 0 Å². The van der Waals surface area contributed by atoms with Gasteiger partial charge in [0.05, 0.1) is 0 Å². The number of hydrogen-bond donors (Lipinski definition) is 2. The minimum atomic E-state index is -4.69. The van der Waals surface area contributed by atoms with Gasteiger partial charge in [-0.25, -0.2) is 10.8 Å². The quantitative estimate of drug-likeness (QED) is 0.657. The number of nitrogens with two attached hydrogens (primary N) is 1. The van der Waals surface area contributed by atoms with Crippen molar-refractivity contribution >= 4 is 21.7 Å². The van der Waals surface area contributed by atoms with E-state index in [0.29, 0.717) is 5.75 Å².